The minimum absolute atomic E-state index is 0.0253. The Balaban J connectivity index is 1.56. The molecule has 0 aliphatic heterocycles. The van der Waals surface area contributed by atoms with Crippen molar-refractivity contribution in [3.63, 3.8) is 0 Å². The molecule has 0 radical (unpaired) electrons. The fourth-order valence-electron chi connectivity index (χ4n) is 2.59. The van der Waals surface area contributed by atoms with E-state index in [1.165, 1.54) is 11.3 Å². The molecule has 8 heteroatoms. The van der Waals surface area contributed by atoms with Crippen LogP contribution in [0.4, 0.5) is 5.13 Å². The van der Waals surface area contributed by atoms with E-state index in [0.29, 0.717) is 21.6 Å². The van der Waals surface area contributed by atoms with Crippen LogP contribution in [0.5, 0.6) is 0 Å². The van der Waals surface area contributed by atoms with E-state index in [2.05, 4.69) is 25.7 Å². The molecular weight excluding hydrogens is 350 g/mol. The summed E-state index contributed by atoms with van der Waals surface area (Å²) in [6, 6.07) is 15.2. The molecule has 0 fully saturated rings. The first kappa shape index (κ1) is 16.0. The van der Waals surface area contributed by atoms with Crippen molar-refractivity contribution in [2.24, 2.45) is 5.10 Å². The lowest BCUT2D eigenvalue weighted by molar-refractivity contribution is 0.0692. The molecule has 26 heavy (non-hydrogen) atoms. The summed E-state index contributed by atoms with van der Waals surface area (Å²) < 4.78 is 0. The zero-order valence-corrected chi connectivity index (χ0v) is 14.2. The van der Waals surface area contributed by atoms with Crippen LogP contribution in [0.15, 0.2) is 59.0 Å². The predicted molar refractivity (Wildman–Crippen MR) is 102 cm³/mol. The maximum absolute atomic E-state index is 11.3. The van der Waals surface area contributed by atoms with Crippen molar-refractivity contribution in [3.05, 3.63) is 65.2 Å². The molecular formula is C18H13N5O2S. The second-order valence-corrected chi connectivity index (χ2v) is 6.28. The highest BCUT2D eigenvalue weighted by Crippen LogP contribution is 2.24. The van der Waals surface area contributed by atoms with Gasteiger partial charge < -0.3 is 5.11 Å². The largest absolute Gasteiger partial charge is 0.476 e. The highest BCUT2D eigenvalue weighted by atomic mass is 32.1. The minimum atomic E-state index is -1.09. The summed E-state index contributed by atoms with van der Waals surface area (Å²) >= 11 is 1.44. The van der Waals surface area contributed by atoms with E-state index in [-0.39, 0.29) is 5.69 Å². The molecule has 0 amide bonds. The number of hydrogen-bond acceptors (Lipinski definition) is 6. The smallest absolute Gasteiger partial charge is 0.357 e. The number of nitrogens with zero attached hydrogens (tertiary/aromatic N) is 3. The molecule has 4 rings (SSSR count). The topological polar surface area (TPSA) is 103 Å². The van der Waals surface area contributed by atoms with E-state index >= 15 is 0 Å². The number of anilines is 1. The molecule has 4 aromatic rings. The molecule has 128 valence electrons. The standard InChI is InChI=1S/C18H13N5O2S/c24-17(25)16-15-12(7-4-8-13(15)21-22-16)9-19-23-18-20-14(10-26-18)11-5-2-1-3-6-11/h1-10H,(H,20,23)(H,21,22)(H,24,25). The van der Waals surface area contributed by atoms with Crippen LogP contribution < -0.4 is 5.43 Å². The fraction of sp³-hybridized carbons (Fsp3) is 0. The van der Waals surface area contributed by atoms with Gasteiger partial charge in [0.1, 0.15) is 0 Å². The van der Waals surface area contributed by atoms with Crippen LogP contribution in [0.3, 0.4) is 0 Å². The normalized spacial score (nSPS) is 11.2. The van der Waals surface area contributed by atoms with Gasteiger partial charge in [0, 0.05) is 21.9 Å². The Morgan fingerprint density at radius 2 is 2.04 bits per heavy atom. The van der Waals surface area contributed by atoms with E-state index in [0.717, 1.165) is 11.3 Å². The number of rotatable bonds is 5. The number of benzene rings is 2. The van der Waals surface area contributed by atoms with Crippen molar-refractivity contribution in [1.82, 2.24) is 15.2 Å². The van der Waals surface area contributed by atoms with Crippen LogP contribution >= 0.6 is 11.3 Å². The summed E-state index contributed by atoms with van der Waals surface area (Å²) in [5.74, 6) is -1.09. The van der Waals surface area contributed by atoms with Crippen LogP contribution in [-0.4, -0.2) is 32.5 Å². The number of aromatic carboxylic acids is 1. The van der Waals surface area contributed by atoms with E-state index in [4.69, 9.17) is 0 Å². The second-order valence-electron chi connectivity index (χ2n) is 5.42. The summed E-state index contributed by atoms with van der Waals surface area (Å²) in [4.78, 5) is 15.8. The van der Waals surface area contributed by atoms with E-state index in [1.807, 2.05) is 41.8 Å². The highest BCUT2D eigenvalue weighted by molar-refractivity contribution is 7.14. The number of hydrazone groups is 1. The number of aromatic amines is 1. The third-order valence-electron chi connectivity index (χ3n) is 3.76. The van der Waals surface area contributed by atoms with Gasteiger partial charge in [-0.05, 0) is 6.07 Å². The van der Waals surface area contributed by atoms with Crippen LogP contribution in [0, 0.1) is 0 Å². The van der Waals surface area contributed by atoms with Crippen LogP contribution in [0.1, 0.15) is 16.1 Å². The zero-order valence-electron chi connectivity index (χ0n) is 13.4. The van der Waals surface area contributed by atoms with Crippen LogP contribution in [0.25, 0.3) is 22.2 Å². The van der Waals surface area contributed by atoms with E-state index in [9.17, 15) is 9.90 Å². The van der Waals surface area contributed by atoms with Crippen molar-refractivity contribution in [2.75, 3.05) is 5.43 Å². The zero-order chi connectivity index (χ0) is 17.9. The molecule has 0 aliphatic rings. The van der Waals surface area contributed by atoms with Gasteiger partial charge in [0.05, 0.1) is 17.4 Å². The maximum Gasteiger partial charge on any atom is 0.357 e. The van der Waals surface area contributed by atoms with Gasteiger partial charge in [-0.2, -0.15) is 10.2 Å². The number of fused-ring (bicyclic) bond motifs is 1. The lowest BCUT2D eigenvalue weighted by Gasteiger charge is -1.98. The van der Waals surface area contributed by atoms with Gasteiger partial charge in [-0.3, -0.25) is 10.5 Å². The molecule has 0 saturated heterocycles. The van der Waals surface area contributed by atoms with Gasteiger partial charge in [-0.25, -0.2) is 9.78 Å². The molecule has 0 unspecified atom stereocenters. The average Bonchev–Trinajstić information content (AvgIpc) is 3.30. The van der Waals surface area contributed by atoms with E-state index < -0.39 is 5.97 Å². The average molecular weight is 363 g/mol. The monoisotopic (exact) mass is 363 g/mol. The number of aromatic nitrogens is 3. The number of carboxylic acid groups (broad SMARTS) is 1. The third kappa shape index (κ3) is 3.05. The molecule has 3 N–H and O–H groups in total. The Morgan fingerprint density at radius 1 is 1.19 bits per heavy atom. The molecule has 2 heterocycles. The second kappa shape index (κ2) is 6.77. The third-order valence-corrected chi connectivity index (χ3v) is 4.51. The first-order chi connectivity index (χ1) is 12.7. The number of carbonyl (C=O) groups is 1. The maximum atomic E-state index is 11.3. The molecule has 2 aromatic heterocycles. The number of nitrogens with one attached hydrogen (secondary N) is 2. The summed E-state index contributed by atoms with van der Waals surface area (Å²) in [7, 11) is 0. The summed E-state index contributed by atoms with van der Waals surface area (Å²) in [6.45, 7) is 0. The summed E-state index contributed by atoms with van der Waals surface area (Å²) in [6.07, 6.45) is 1.56. The van der Waals surface area contributed by atoms with Gasteiger partial charge in [-0.1, -0.05) is 42.5 Å². The quantitative estimate of drug-likeness (QED) is 0.369. The van der Waals surface area contributed by atoms with Crippen LogP contribution in [-0.2, 0) is 0 Å². The van der Waals surface area contributed by atoms with Crippen molar-refractivity contribution >= 4 is 39.6 Å². The van der Waals surface area contributed by atoms with E-state index in [1.54, 1.807) is 18.3 Å². The first-order valence-electron chi connectivity index (χ1n) is 7.73. The first-order valence-corrected chi connectivity index (χ1v) is 8.61. The molecule has 0 spiro atoms. The Bertz CT molecular complexity index is 1100. The number of carboxylic acids is 1. The molecule has 2 aromatic carbocycles. The lowest BCUT2D eigenvalue weighted by Crippen LogP contribution is -1.99. The summed E-state index contributed by atoms with van der Waals surface area (Å²) in [5, 5.41) is 23.1. The molecule has 0 saturated carbocycles. The Labute approximate surface area is 152 Å². The van der Waals surface area contributed by atoms with Gasteiger partial charge in [0.15, 0.2) is 5.69 Å². The Morgan fingerprint density at radius 3 is 2.85 bits per heavy atom. The van der Waals surface area contributed by atoms with Crippen molar-refractivity contribution < 1.29 is 9.90 Å². The predicted octanol–water partition coefficient (Wildman–Crippen LogP) is 3.83. The highest BCUT2D eigenvalue weighted by Gasteiger charge is 2.15. The SMILES string of the molecule is O=C(O)c1n[nH]c2cccc(C=NNc3nc(-c4ccccc4)cs3)c12. The molecule has 0 bridgehead atoms. The van der Waals surface area contributed by atoms with Gasteiger partial charge in [0.2, 0.25) is 5.13 Å². The number of hydrogen-bond donors (Lipinski definition) is 3. The van der Waals surface area contributed by atoms with Gasteiger partial charge in [0.25, 0.3) is 0 Å². The minimum Gasteiger partial charge on any atom is -0.476 e. The number of thiazole rings is 1. The van der Waals surface area contributed by atoms with Crippen molar-refractivity contribution in [1.29, 1.82) is 0 Å². The summed E-state index contributed by atoms with van der Waals surface area (Å²) in [5.41, 5.74) is 6.07. The Hall–Kier alpha value is -3.52. The fourth-order valence-corrected chi connectivity index (χ4v) is 3.25. The van der Waals surface area contributed by atoms with Crippen molar-refractivity contribution in [3.8, 4) is 11.3 Å². The number of H-pyrrole nitrogens is 1. The lowest BCUT2D eigenvalue weighted by atomic mass is 10.1. The van der Waals surface area contributed by atoms with Gasteiger partial charge >= 0.3 is 5.97 Å². The molecule has 0 aliphatic carbocycles. The van der Waals surface area contributed by atoms with Gasteiger partial charge in [-0.15, -0.1) is 11.3 Å². The molecule has 0 atom stereocenters. The Kier molecular flexibility index (Phi) is 4.16. The van der Waals surface area contributed by atoms with Crippen molar-refractivity contribution in [2.45, 2.75) is 0 Å². The molecule has 7 nitrogen and oxygen atoms in total. The van der Waals surface area contributed by atoms with Crippen LogP contribution in [0.2, 0.25) is 0 Å².